The summed E-state index contributed by atoms with van der Waals surface area (Å²) < 4.78 is 37.7. The molecule has 1 aromatic rings. The SMILES string of the molecule is CCCCCCCC(O)c1ccc(C(F)(F)F)cc1C. The molecule has 0 fully saturated rings. The van der Waals surface area contributed by atoms with Gasteiger partial charge in [0, 0.05) is 0 Å². The van der Waals surface area contributed by atoms with E-state index in [1.54, 1.807) is 6.92 Å². The smallest absolute Gasteiger partial charge is 0.388 e. The lowest BCUT2D eigenvalue weighted by molar-refractivity contribution is -0.137. The number of rotatable bonds is 7. The van der Waals surface area contributed by atoms with Crippen LogP contribution in [0.3, 0.4) is 0 Å². The van der Waals surface area contributed by atoms with Crippen molar-refractivity contribution in [2.75, 3.05) is 0 Å². The first kappa shape index (κ1) is 17.0. The van der Waals surface area contributed by atoms with Gasteiger partial charge in [0.05, 0.1) is 11.7 Å². The van der Waals surface area contributed by atoms with Gasteiger partial charge >= 0.3 is 6.18 Å². The normalized spacial score (nSPS) is 13.5. The number of hydrogen-bond donors (Lipinski definition) is 1. The van der Waals surface area contributed by atoms with E-state index in [0.29, 0.717) is 17.5 Å². The van der Waals surface area contributed by atoms with Crippen LogP contribution in [-0.2, 0) is 6.18 Å². The average molecular weight is 288 g/mol. The Kier molecular flexibility index (Phi) is 6.53. The molecule has 1 nitrogen and oxygen atoms in total. The molecule has 1 rings (SSSR count). The van der Waals surface area contributed by atoms with Gasteiger partial charge in [-0.1, -0.05) is 45.1 Å². The van der Waals surface area contributed by atoms with E-state index < -0.39 is 17.8 Å². The first-order chi connectivity index (χ1) is 9.36. The fourth-order valence-corrected chi connectivity index (χ4v) is 2.32. The first-order valence-electron chi connectivity index (χ1n) is 7.22. The van der Waals surface area contributed by atoms with Gasteiger partial charge in [0.1, 0.15) is 0 Å². The van der Waals surface area contributed by atoms with Crippen molar-refractivity contribution in [3.63, 3.8) is 0 Å². The van der Waals surface area contributed by atoms with Crippen LogP contribution in [0.1, 0.15) is 68.2 Å². The maximum absolute atomic E-state index is 12.6. The molecule has 0 radical (unpaired) electrons. The molecule has 0 amide bonds. The Morgan fingerprint density at radius 3 is 2.30 bits per heavy atom. The molecule has 1 unspecified atom stereocenters. The Morgan fingerprint density at radius 1 is 1.10 bits per heavy atom. The second-order valence-electron chi connectivity index (χ2n) is 5.29. The van der Waals surface area contributed by atoms with E-state index in [1.165, 1.54) is 18.9 Å². The molecule has 1 aromatic carbocycles. The number of alkyl halides is 3. The minimum absolute atomic E-state index is 0.501. The summed E-state index contributed by atoms with van der Waals surface area (Å²) >= 11 is 0. The Morgan fingerprint density at radius 2 is 1.75 bits per heavy atom. The summed E-state index contributed by atoms with van der Waals surface area (Å²) in [6.45, 7) is 3.76. The van der Waals surface area contributed by atoms with Gasteiger partial charge in [-0.25, -0.2) is 0 Å². The highest BCUT2D eigenvalue weighted by Gasteiger charge is 2.30. The van der Waals surface area contributed by atoms with Crippen LogP contribution in [0.15, 0.2) is 18.2 Å². The molecule has 0 aliphatic heterocycles. The highest BCUT2D eigenvalue weighted by molar-refractivity contribution is 5.33. The summed E-state index contributed by atoms with van der Waals surface area (Å²) in [4.78, 5) is 0. The second-order valence-corrected chi connectivity index (χ2v) is 5.29. The van der Waals surface area contributed by atoms with Crippen molar-refractivity contribution >= 4 is 0 Å². The molecule has 0 spiro atoms. The van der Waals surface area contributed by atoms with Gasteiger partial charge in [0.2, 0.25) is 0 Å². The number of hydrogen-bond acceptors (Lipinski definition) is 1. The molecule has 114 valence electrons. The Balaban J connectivity index is 2.58. The van der Waals surface area contributed by atoms with Crippen LogP contribution in [-0.4, -0.2) is 5.11 Å². The maximum Gasteiger partial charge on any atom is 0.416 e. The number of unbranched alkanes of at least 4 members (excludes halogenated alkanes) is 4. The van der Waals surface area contributed by atoms with E-state index in [0.717, 1.165) is 31.4 Å². The van der Waals surface area contributed by atoms with Gasteiger partial charge in [0.15, 0.2) is 0 Å². The number of aryl methyl sites for hydroxylation is 1. The molecule has 0 bridgehead atoms. The summed E-state index contributed by atoms with van der Waals surface area (Å²) in [5.41, 5.74) is 0.447. The summed E-state index contributed by atoms with van der Waals surface area (Å²) in [5.74, 6) is 0. The van der Waals surface area contributed by atoms with Gasteiger partial charge in [-0.3, -0.25) is 0 Å². The van der Waals surface area contributed by atoms with E-state index in [1.807, 2.05) is 0 Å². The Labute approximate surface area is 118 Å². The molecule has 0 aliphatic rings. The van der Waals surface area contributed by atoms with Crippen molar-refractivity contribution in [1.82, 2.24) is 0 Å². The molecule has 4 heteroatoms. The summed E-state index contributed by atoms with van der Waals surface area (Å²) in [6, 6.07) is 3.55. The lowest BCUT2D eigenvalue weighted by Gasteiger charge is -2.16. The van der Waals surface area contributed by atoms with E-state index >= 15 is 0 Å². The first-order valence-corrected chi connectivity index (χ1v) is 7.22. The van der Waals surface area contributed by atoms with Crippen molar-refractivity contribution in [1.29, 1.82) is 0 Å². The number of aliphatic hydroxyl groups excluding tert-OH is 1. The summed E-state index contributed by atoms with van der Waals surface area (Å²) in [7, 11) is 0. The Hall–Kier alpha value is -1.03. The second kappa shape index (κ2) is 7.67. The van der Waals surface area contributed by atoms with Crippen molar-refractivity contribution in [3.8, 4) is 0 Å². The fourth-order valence-electron chi connectivity index (χ4n) is 2.32. The molecule has 0 aromatic heterocycles. The quantitative estimate of drug-likeness (QED) is 0.665. The standard InChI is InChI=1S/C16H23F3O/c1-3-4-5-6-7-8-15(20)14-10-9-13(11-12(14)2)16(17,18)19/h9-11,15,20H,3-8H2,1-2H3. The van der Waals surface area contributed by atoms with E-state index in [-0.39, 0.29) is 0 Å². The van der Waals surface area contributed by atoms with Crippen LogP contribution in [0, 0.1) is 6.92 Å². The predicted molar refractivity (Wildman–Crippen MR) is 74.5 cm³/mol. The van der Waals surface area contributed by atoms with E-state index in [4.69, 9.17) is 0 Å². The minimum Gasteiger partial charge on any atom is -0.388 e. The minimum atomic E-state index is -4.33. The molecule has 1 atom stereocenters. The van der Waals surface area contributed by atoms with E-state index in [2.05, 4.69) is 6.92 Å². The monoisotopic (exact) mass is 288 g/mol. The maximum atomic E-state index is 12.6. The molecule has 20 heavy (non-hydrogen) atoms. The van der Waals surface area contributed by atoms with Crippen LogP contribution in [0.25, 0.3) is 0 Å². The zero-order valence-electron chi connectivity index (χ0n) is 12.1. The van der Waals surface area contributed by atoms with Gasteiger partial charge in [-0.05, 0) is 36.6 Å². The molecule has 0 aliphatic carbocycles. The van der Waals surface area contributed by atoms with E-state index in [9.17, 15) is 18.3 Å². The van der Waals surface area contributed by atoms with Crippen LogP contribution >= 0.6 is 0 Å². The topological polar surface area (TPSA) is 20.2 Å². The molecule has 0 heterocycles. The summed E-state index contributed by atoms with van der Waals surface area (Å²) in [6.07, 6.45) is 1.08. The van der Waals surface area contributed by atoms with Crippen molar-refractivity contribution in [3.05, 3.63) is 34.9 Å². The summed E-state index contributed by atoms with van der Waals surface area (Å²) in [5, 5.41) is 10.1. The van der Waals surface area contributed by atoms with Crippen LogP contribution in [0.2, 0.25) is 0 Å². The van der Waals surface area contributed by atoms with Gasteiger partial charge in [-0.15, -0.1) is 0 Å². The predicted octanol–water partition coefficient (Wildman–Crippen LogP) is 5.41. The lowest BCUT2D eigenvalue weighted by Crippen LogP contribution is -2.07. The lowest BCUT2D eigenvalue weighted by atomic mass is 9.96. The van der Waals surface area contributed by atoms with Gasteiger partial charge in [-0.2, -0.15) is 13.2 Å². The highest BCUT2D eigenvalue weighted by Crippen LogP contribution is 2.32. The van der Waals surface area contributed by atoms with Crippen LogP contribution < -0.4 is 0 Å². The molecule has 0 saturated heterocycles. The van der Waals surface area contributed by atoms with Crippen molar-refractivity contribution in [2.45, 2.75) is 64.7 Å². The third kappa shape index (κ3) is 5.16. The van der Waals surface area contributed by atoms with Crippen molar-refractivity contribution < 1.29 is 18.3 Å². The molecule has 1 N–H and O–H groups in total. The number of benzene rings is 1. The average Bonchev–Trinajstić information content (AvgIpc) is 2.37. The highest BCUT2D eigenvalue weighted by atomic mass is 19.4. The molecular weight excluding hydrogens is 265 g/mol. The molecular formula is C16H23F3O. The van der Waals surface area contributed by atoms with Gasteiger partial charge in [0.25, 0.3) is 0 Å². The van der Waals surface area contributed by atoms with Crippen LogP contribution in [0.5, 0.6) is 0 Å². The third-order valence-corrected chi connectivity index (χ3v) is 3.54. The van der Waals surface area contributed by atoms with Gasteiger partial charge < -0.3 is 5.11 Å². The van der Waals surface area contributed by atoms with Crippen molar-refractivity contribution in [2.24, 2.45) is 0 Å². The van der Waals surface area contributed by atoms with Crippen LogP contribution in [0.4, 0.5) is 13.2 Å². The zero-order chi connectivity index (χ0) is 15.2. The zero-order valence-corrected chi connectivity index (χ0v) is 12.1. The Bertz CT molecular complexity index is 413. The largest absolute Gasteiger partial charge is 0.416 e. The number of aliphatic hydroxyl groups is 1. The number of halogens is 3. The fraction of sp³-hybridized carbons (Fsp3) is 0.625. The third-order valence-electron chi connectivity index (χ3n) is 3.54. The molecule has 0 saturated carbocycles.